The van der Waals surface area contributed by atoms with Gasteiger partial charge in [0.2, 0.25) is 0 Å². The fraction of sp³-hybridized carbons (Fsp3) is 0. The summed E-state index contributed by atoms with van der Waals surface area (Å²) in [6, 6.07) is 88.1. The molecular formula is C70H39NOS. The van der Waals surface area contributed by atoms with Crippen molar-refractivity contribution in [1.29, 1.82) is 0 Å². The SMILES string of the molecule is c1ccc2cc(-n3c4ccc(-c5c6ccccc6c(-c6ccc7c(c6)oc6cc8c9ccccc9c9cc%10ccccc%10cc9c8cc67)c6ccccc56)cc4c4ccc5c6ccccc6sc5c43)ccc2c1. The highest BCUT2D eigenvalue weighted by Gasteiger charge is 2.23. The average molecular weight is 942 g/mol. The van der Waals surface area contributed by atoms with E-state index >= 15 is 0 Å². The van der Waals surface area contributed by atoms with Gasteiger partial charge in [0.15, 0.2) is 0 Å². The fourth-order valence-corrected chi connectivity index (χ4v) is 14.1. The van der Waals surface area contributed by atoms with Crippen LogP contribution < -0.4 is 0 Å². The molecule has 0 saturated heterocycles. The molecule has 0 spiro atoms. The summed E-state index contributed by atoms with van der Waals surface area (Å²) < 4.78 is 12.1. The van der Waals surface area contributed by atoms with Gasteiger partial charge in [0.1, 0.15) is 11.2 Å². The first kappa shape index (κ1) is 39.4. The molecule has 2 nitrogen and oxygen atoms in total. The van der Waals surface area contributed by atoms with Crippen molar-refractivity contribution in [3.63, 3.8) is 0 Å². The molecule has 0 N–H and O–H groups in total. The first-order valence-corrected chi connectivity index (χ1v) is 26.0. The largest absolute Gasteiger partial charge is 0.456 e. The van der Waals surface area contributed by atoms with Gasteiger partial charge in [-0.05, 0) is 164 Å². The summed E-state index contributed by atoms with van der Waals surface area (Å²) >= 11 is 1.90. The molecule has 17 rings (SSSR count). The highest BCUT2D eigenvalue weighted by Crippen LogP contribution is 2.49. The molecule has 0 fully saturated rings. The Bertz CT molecular complexity index is 5220. The van der Waals surface area contributed by atoms with Crippen LogP contribution in [0.5, 0.6) is 0 Å². The molecule has 0 radical (unpaired) electrons. The second-order valence-corrected chi connectivity index (χ2v) is 20.9. The van der Waals surface area contributed by atoms with Crippen molar-refractivity contribution in [2.75, 3.05) is 0 Å². The summed E-state index contributed by atoms with van der Waals surface area (Å²) in [5, 5.41) is 24.7. The molecule has 336 valence electrons. The quantitative estimate of drug-likeness (QED) is 0.127. The zero-order valence-corrected chi connectivity index (χ0v) is 40.1. The van der Waals surface area contributed by atoms with Crippen LogP contribution in [-0.2, 0) is 0 Å². The van der Waals surface area contributed by atoms with Crippen molar-refractivity contribution >= 4 is 151 Å². The molecule has 0 saturated carbocycles. The molecule has 0 atom stereocenters. The number of furan rings is 1. The summed E-state index contributed by atoms with van der Waals surface area (Å²) in [4.78, 5) is 0. The van der Waals surface area contributed by atoms with E-state index in [0.717, 1.165) is 27.5 Å². The summed E-state index contributed by atoms with van der Waals surface area (Å²) in [6.45, 7) is 0. The Kier molecular flexibility index (Phi) is 7.91. The maximum atomic E-state index is 6.94. The minimum atomic E-state index is 0.889. The van der Waals surface area contributed by atoms with Gasteiger partial charge in [-0.1, -0.05) is 170 Å². The van der Waals surface area contributed by atoms with Crippen molar-refractivity contribution < 1.29 is 4.42 Å². The summed E-state index contributed by atoms with van der Waals surface area (Å²) in [5.41, 5.74) is 10.2. The van der Waals surface area contributed by atoms with Gasteiger partial charge in [0.05, 0.1) is 15.7 Å². The second-order valence-electron chi connectivity index (χ2n) is 19.9. The van der Waals surface area contributed by atoms with Crippen LogP contribution in [-0.4, -0.2) is 4.57 Å². The minimum absolute atomic E-state index is 0.889. The lowest BCUT2D eigenvalue weighted by atomic mass is 9.85. The van der Waals surface area contributed by atoms with Crippen LogP contribution in [0.3, 0.4) is 0 Å². The number of rotatable bonds is 3. The first-order chi connectivity index (χ1) is 36.2. The van der Waals surface area contributed by atoms with Gasteiger partial charge in [-0.15, -0.1) is 11.3 Å². The smallest absolute Gasteiger partial charge is 0.136 e. The molecule has 3 heteroatoms. The van der Waals surface area contributed by atoms with Crippen LogP contribution in [0.1, 0.15) is 0 Å². The third kappa shape index (κ3) is 5.52. The minimum Gasteiger partial charge on any atom is -0.456 e. The normalized spacial score (nSPS) is 12.4. The molecule has 0 aliphatic rings. The van der Waals surface area contributed by atoms with Crippen LogP contribution >= 0.6 is 11.3 Å². The van der Waals surface area contributed by atoms with Crippen molar-refractivity contribution in [1.82, 2.24) is 4.57 Å². The lowest BCUT2D eigenvalue weighted by Crippen LogP contribution is -1.94. The van der Waals surface area contributed by atoms with Crippen LogP contribution in [0.4, 0.5) is 0 Å². The van der Waals surface area contributed by atoms with Crippen molar-refractivity contribution in [2.45, 2.75) is 0 Å². The average Bonchev–Trinajstić information content (AvgIpc) is 4.12. The van der Waals surface area contributed by atoms with E-state index in [1.165, 1.54) is 140 Å². The molecule has 0 aliphatic heterocycles. The van der Waals surface area contributed by atoms with Gasteiger partial charge in [-0.2, -0.15) is 0 Å². The molecule has 0 bridgehead atoms. The topological polar surface area (TPSA) is 18.1 Å². The lowest BCUT2D eigenvalue weighted by Gasteiger charge is -2.18. The Hall–Kier alpha value is -9.28. The molecule has 3 heterocycles. The second kappa shape index (κ2) is 14.6. The van der Waals surface area contributed by atoms with E-state index in [1.807, 2.05) is 11.3 Å². The number of hydrogen-bond donors (Lipinski definition) is 0. The highest BCUT2D eigenvalue weighted by molar-refractivity contribution is 7.26. The van der Waals surface area contributed by atoms with Crippen molar-refractivity contribution in [2.24, 2.45) is 0 Å². The lowest BCUT2D eigenvalue weighted by molar-refractivity contribution is 0.669. The summed E-state index contributed by atoms with van der Waals surface area (Å²) in [5.74, 6) is 0. The molecule has 73 heavy (non-hydrogen) atoms. The zero-order valence-electron chi connectivity index (χ0n) is 39.3. The molecular weight excluding hydrogens is 903 g/mol. The van der Waals surface area contributed by atoms with Crippen LogP contribution in [0.15, 0.2) is 241 Å². The predicted molar refractivity (Wildman–Crippen MR) is 314 cm³/mol. The standard InChI is InChI=1S/C70H39NOS/c1-2-14-41-33-46(28-25-40(41)13-1)71-63-32-27-44(36-61(63)55-30-31-56-50-19-11-12-24-66(50)73-70(56)69(55)71)67-51-20-7-9-22-53(51)68(54-23-10-8-21-52(54)67)45-26-29-49-62-38-59-58-35-43-16-4-3-15-42(43)34-57(58)47-17-5-6-18-48(47)60(59)39-65(62)72-64(49)37-45/h1-39H. The first-order valence-electron chi connectivity index (χ1n) is 25.1. The number of thiophene rings is 1. The molecule has 17 aromatic rings. The van der Waals surface area contributed by atoms with E-state index in [0.29, 0.717) is 0 Å². The Morgan fingerprint density at radius 3 is 1.49 bits per heavy atom. The van der Waals surface area contributed by atoms with E-state index in [4.69, 9.17) is 4.42 Å². The summed E-state index contributed by atoms with van der Waals surface area (Å²) in [7, 11) is 0. The molecule has 0 unspecified atom stereocenters. The Morgan fingerprint density at radius 1 is 0.288 bits per heavy atom. The predicted octanol–water partition coefficient (Wildman–Crippen LogP) is 20.5. The Balaban J connectivity index is 0.882. The van der Waals surface area contributed by atoms with Gasteiger partial charge in [-0.3, -0.25) is 0 Å². The van der Waals surface area contributed by atoms with E-state index in [2.05, 4.69) is 241 Å². The third-order valence-corrected chi connectivity index (χ3v) is 17.3. The Morgan fingerprint density at radius 2 is 0.795 bits per heavy atom. The molecule has 14 aromatic carbocycles. The van der Waals surface area contributed by atoms with Crippen molar-refractivity contribution in [3.05, 3.63) is 237 Å². The van der Waals surface area contributed by atoms with Crippen LogP contribution in [0.25, 0.3) is 167 Å². The van der Waals surface area contributed by atoms with Gasteiger partial charge < -0.3 is 8.98 Å². The zero-order chi connectivity index (χ0) is 47.5. The van der Waals surface area contributed by atoms with Gasteiger partial charge in [0.25, 0.3) is 0 Å². The number of benzene rings is 14. The van der Waals surface area contributed by atoms with Gasteiger partial charge in [-0.25, -0.2) is 0 Å². The van der Waals surface area contributed by atoms with E-state index in [9.17, 15) is 0 Å². The maximum Gasteiger partial charge on any atom is 0.136 e. The highest BCUT2D eigenvalue weighted by atomic mass is 32.1. The fourth-order valence-electron chi connectivity index (χ4n) is 12.8. The molecule has 0 amide bonds. The van der Waals surface area contributed by atoms with Gasteiger partial charge in [0, 0.05) is 42.7 Å². The maximum absolute atomic E-state index is 6.94. The third-order valence-electron chi connectivity index (χ3n) is 16.1. The summed E-state index contributed by atoms with van der Waals surface area (Å²) in [6.07, 6.45) is 0. The van der Waals surface area contributed by atoms with E-state index in [1.54, 1.807) is 0 Å². The number of nitrogens with zero attached hydrogens (tertiary/aromatic N) is 1. The Labute approximate surface area is 421 Å². The van der Waals surface area contributed by atoms with Crippen LogP contribution in [0.2, 0.25) is 0 Å². The van der Waals surface area contributed by atoms with E-state index < -0.39 is 0 Å². The van der Waals surface area contributed by atoms with Crippen molar-refractivity contribution in [3.8, 4) is 27.9 Å². The molecule has 3 aromatic heterocycles. The van der Waals surface area contributed by atoms with E-state index in [-0.39, 0.29) is 0 Å². The monoisotopic (exact) mass is 941 g/mol. The number of aromatic nitrogens is 1. The number of fused-ring (bicyclic) bond motifs is 20. The molecule has 0 aliphatic carbocycles. The van der Waals surface area contributed by atoms with Crippen LogP contribution in [0, 0.1) is 0 Å². The number of hydrogen-bond acceptors (Lipinski definition) is 2. The van der Waals surface area contributed by atoms with Gasteiger partial charge >= 0.3 is 0 Å².